The first-order valence-corrected chi connectivity index (χ1v) is 2.81. The fraction of sp³-hybridized carbons (Fsp3) is 0.143. The van der Waals surface area contributed by atoms with E-state index in [2.05, 4.69) is 4.74 Å². The number of phenols is 1. The van der Waals surface area contributed by atoms with Crippen molar-refractivity contribution in [2.75, 3.05) is 6.86 Å². The number of para-hydroxylation sites is 2. The number of halogens is 1. The lowest BCUT2D eigenvalue weighted by Gasteiger charge is -2.01. The number of hydrogen-bond donors (Lipinski definition) is 1. The number of phenolic OH excluding ortho intramolecular Hbond substituents is 1. The molecule has 54 valence electrons. The smallest absolute Gasteiger partial charge is 0.228 e. The third-order valence-corrected chi connectivity index (χ3v) is 1.08. The molecule has 0 atom stereocenters. The largest absolute Gasteiger partial charge is 0.504 e. The van der Waals surface area contributed by atoms with Gasteiger partial charge in [0.25, 0.3) is 0 Å². The van der Waals surface area contributed by atoms with Crippen molar-refractivity contribution in [2.45, 2.75) is 0 Å². The van der Waals surface area contributed by atoms with Crippen LogP contribution in [-0.4, -0.2) is 12.0 Å². The summed E-state index contributed by atoms with van der Waals surface area (Å²) < 4.78 is 15.9. The molecule has 0 bridgehead atoms. The van der Waals surface area contributed by atoms with Gasteiger partial charge in [0.1, 0.15) is 0 Å². The molecule has 2 nitrogen and oxygen atoms in total. The van der Waals surface area contributed by atoms with Crippen LogP contribution >= 0.6 is 0 Å². The molecule has 0 spiro atoms. The predicted octanol–water partition coefficient (Wildman–Crippen LogP) is 1.70. The van der Waals surface area contributed by atoms with Gasteiger partial charge in [-0.25, -0.2) is 4.39 Å². The van der Waals surface area contributed by atoms with Gasteiger partial charge in [0.05, 0.1) is 0 Å². The summed E-state index contributed by atoms with van der Waals surface area (Å²) in [4.78, 5) is 0. The van der Waals surface area contributed by atoms with E-state index in [0.29, 0.717) is 0 Å². The minimum atomic E-state index is -0.919. The number of rotatable bonds is 2. The average molecular weight is 142 g/mol. The first kappa shape index (κ1) is 6.86. The second-order valence-corrected chi connectivity index (χ2v) is 1.72. The molecular formula is C7H7FO2. The Hall–Kier alpha value is -1.25. The molecule has 0 saturated carbocycles. The number of alkyl halides is 1. The Morgan fingerprint density at radius 3 is 2.70 bits per heavy atom. The van der Waals surface area contributed by atoms with Crippen LogP contribution in [0.15, 0.2) is 24.3 Å². The van der Waals surface area contributed by atoms with Gasteiger partial charge in [0, 0.05) is 0 Å². The molecule has 1 aromatic rings. The van der Waals surface area contributed by atoms with E-state index >= 15 is 0 Å². The molecule has 1 N–H and O–H groups in total. The topological polar surface area (TPSA) is 29.5 Å². The highest BCUT2D eigenvalue weighted by Crippen LogP contribution is 2.23. The number of benzene rings is 1. The second-order valence-electron chi connectivity index (χ2n) is 1.72. The Morgan fingerprint density at radius 2 is 2.10 bits per heavy atom. The lowest BCUT2D eigenvalue weighted by molar-refractivity contribution is 0.185. The van der Waals surface area contributed by atoms with Crippen LogP contribution in [0, 0.1) is 0 Å². The lowest BCUT2D eigenvalue weighted by Crippen LogP contribution is -1.89. The Bertz CT molecular complexity index is 213. The molecule has 0 aliphatic rings. The van der Waals surface area contributed by atoms with Gasteiger partial charge in [-0.3, -0.25) is 0 Å². The van der Waals surface area contributed by atoms with Crippen LogP contribution in [0.25, 0.3) is 0 Å². The van der Waals surface area contributed by atoms with Gasteiger partial charge in [-0.15, -0.1) is 0 Å². The summed E-state index contributed by atoms with van der Waals surface area (Å²) in [5.74, 6) is 0.130. The van der Waals surface area contributed by atoms with E-state index in [9.17, 15) is 4.39 Å². The minimum absolute atomic E-state index is 0.0415. The molecule has 1 rings (SSSR count). The third-order valence-electron chi connectivity index (χ3n) is 1.08. The minimum Gasteiger partial charge on any atom is -0.504 e. The standard InChI is InChI=1S/C7H7FO2/c8-5-10-7-4-2-1-3-6(7)9/h1-4,9H,5H2. The molecule has 0 saturated heterocycles. The van der Waals surface area contributed by atoms with E-state index in [-0.39, 0.29) is 11.5 Å². The first-order chi connectivity index (χ1) is 4.84. The maximum Gasteiger partial charge on any atom is 0.228 e. The van der Waals surface area contributed by atoms with Crippen molar-refractivity contribution in [3.8, 4) is 11.5 Å². The van der Waals surface area contributed by atoms with Crippen molar-refractivity contribution in [1.82, 2.24) is 0 Å². The molecule has 0 amide bonds. The average Bonchev–Trinajstić information content (AvgIpc) is 1.94. The molecule has 0 aliphatic heterocycles. The molecule has 0 unspecified atom stereocenters. The van der Waals surface area contributed by atoms with Crippen molar-refractivity contribution >= 4 is 0 Å². The fourth-order valence-electron chi connectivity index (χ4n) is 0.638. The quantitative estimate of drug-likeness (QED) is 0.680. The highest BCUT2D eigenvalue weighted by Gasteiger charge is 1.97. The van der Waals surface area contributed by atoms with Gasteiger partial charge < -0.3 is 9.84 Å². The molecule has 0 radical (unpaired) electrons. The number of ether oxygens (including phenoxy) is 1. The maximum absolute atomic E-state index is 11.5. The van der Waals surface area contributed by atoms with Crippen molar-refractivity contribution in [3.05, 3.63) is 24.3 Å². The van der Waals surface area contributed by atoms with Crippen LogP contribution in [0.2, 0.25) is 0 Å². The molecule has 0 fully saturated rings. The van der Waals surface area contributed by atoms with Gasteiger partial charge >= 0.3 is 0 Å². The normalized spacial score (nSPS) is 9.30. The summed E-state index contributed by atoms with van der Waals surface area (Å²) in [5.41, 5.74) is 0. The van der Waals surface area contributed by atoms with Crippen LogP contribution in [0.3, 0.4) is 0 Å². The summed E-state index contributed by atoms with van der Waals surface area (Å²) in [6.07, 6.45) is 0. The van der Waals surface area contributed by atoms with Gasteiger partial charge in [-0.2, -0.15) is 0 Å². The Kier molecular flexibility index (Phi) is 2.10. The number of aromatic hydroxyl groups is 1. The van der Waals surface area contributed by atoms with Crippen LogP contribution in [-0.2, 0) is 0 Å². The Morgan fingerprint density at radius 1 is 1.40 bits per heavy atom. The van der Waals surface area contributed by atoms with Gasteiger partial charge in [0.2, 0.25) is 6.86 Å². The van der Waals surface area contributed by atoms with Gasteiger partial charge in [-0.05, 0) is 12.1 Å². The Labute approximate surface area is 57.9 Å². The zero-order chi connectivity index (χ0) is 7.40. The summed E-state index contributed by atoms with van der Waals surface area (Å²) in [5, 5.41) is 8.95. The van der Waals surface area contributed by atoms with Gasteiger partial charge in [-0.1, -0.05) is 12.1 Å². The SMILES string of the molecule is Oc1ccccc1OCF. The first-order valence-electron chi connectivity index (χ1n) is 2.81. The van der Waals surface area contributed by atoms with Crippen LogP contribution < -0.4 is 4.74 Å². The fourth-order valence-corrected chi connectivity index (χ4v) is 0.638. The maximum atomic E-state index is 11.5. The van der Waals surface area contributed by atoms with Gasteiger partial charge in [0.15, 0.2) is 11.5 Å². The van der Waals surface area contributed by atoms with E-state index in [1.807, 2.05) is 0 Å². The molecule has 1 aromatic carbocycles. The summed E-state index contributed by atoms with van der Waals surface area (Å²) in [6.45, 7) is -0.919. The Balaban J connectivity index is 2.81. The summed E-state index contributed by atoms with van der Waals surface area (Å²) in [7, 11) is 0. The van der Waals surface area contributed by atoms with E-state index in [4.69, 9.17) is 5.11 Å². The van der Waals surface area contributed by atoms with Crippen LogP contribution in [0.4, 0.5) is 4.39 Å². The predicted molar refractivity (Wildman–Crippen MR) is 34.7 cm³/mol. The summed E-state index contributed by atoms with van der Waals surface area (Å²) >= 11 is 0. The molecule has 0 heterocycles. The van der Waals surface area contributed by atoms with Crippen molar-refractivity contribution < 1.29 is 14.2 Å². The molecule has 0 aromatic heterocycles. The van der Waals surface area contributed by atoms with E-state index in [1.165, 1.54) is 12.1 Å². The van der Waals surface area contributed by atoms with Crippen molar-refractivity contribution in [2.24, 2.45) is 0 Å². The van der Waals surface area contributed by atoms with E-state index in [0.717, 1.165) is 0 Å². The highest BCUT2D eigenvalue weighted by molar-refractivity contribution is 5.37. The monoisotopic (exact) mass is 142 g/mol. The van der Waals surface area contributed by atoms with Crippen molar-refractivity contribution in [1.29, 1.82) is 0 Å². The van der Waals surface area contributed by atoms with Crippen molar-refractivity contribution in [3.63, 3.8) is 0 Å². The molecular weight excluding hydrogens is 135 g/mol. The van der Waals surface area contributed by atoms with E-state index in [1.54, 1.807) is 12.1 Å². The summed E-state index contributed by atoms with van der Waals surface area (Å²) in [6, 6.07) is 6.23. The second kappa shape index (κ2) is 3.06. The van der Waals surface area contributed by atoms with E-state index < -0.39 is 6.86 Å². The zero-order valence-electron chi connectivity index (χ0n) is 5.25. The third kappa shape index (κ3) is 1.37. The van der Waals surface area contributed by atoms with Crippen LogP contribution in [0.1, 0.15) is 0 Å². The molecule has 10 heavy (non-hydrogen) atoms. The molecule has 3 heteroatoms. The molecule has 0 aliphatic carbocycles. The zero-order valence-corrected chi connectivity index (χ0v) is 5.25. The lowest BCUT2D eigenvalue weighted by atomic mass is 10.3. The van der Waals surface area contributed by atoms with Crippen LogP contribution in [0.5, 0.6) is 11.5 Å². The highest BCUT2D eigenvalue weighted by atomic mass is 19.1. The number of hydrogen-bond acceptors (Lipinski definition) is 2.